The molecule has 0 aromatic carbocycles. The van der Waals surface area contributed by atoms with E-state index in [1.165, 1.54) is 19.9 Å². The van der Waals surface area contributed by atoms with E-state index in [0.29, 0.717) is 0 Å². The first-order valence-corrected chi connectivity index (χ1v) is 5.28. The molecular formula is C12H21NO4. The third-order valence-corrected chi connectivity index (χ3v) is 2.58. The predicted octanol–water partition coefficient (Wildman–Crippen LogP) is 1.32. The van der Waals surface area contributed by atoms with Crippen LogP contribution in [0.2, 0.25) is 0 Å². The Labute approximate surface area is 102 Å². The summed E-state index contributed by atoms with van der Waals surface area (Å²) in [5.41, 5.74) is 1.66. The quantitative estimate of drug-likeness (QED) is 0.441. The summed E-state index contributed by atoms with van der Waals surface area (Å²) in [5.74, 6) is -2.40. The summed E-state index contributed by atoms with van der Waals surface area (Å²) in [6.07, 6.45) is 1.34. The standard InChI is InChI=1S/C12H21NO4/c1-7-11(5,6)12(13,8(14)15)9(16)17-10(2,3)4/h7H,1,13H2,2-6H3,(H,14,15)/t12-/m1/s1. The van der Waals surface area contributed by atoms with E-state index in [0.717, 1.165) is 0 Å². The molecule has 0 radical (unpaired) electrons. The topological polar surface area (TPSA) is 89.6 Å². The first kappa shape index (κ1) is 15.6. The summed E-state index contributed by atoms with van der Waals surface area (Å²) in [6.45, 7) is 11.5. The van der Waals surface area contributed by atoms with Gasteiger partial charge in [0.2, 0.25) is 5.54 Å². The lowest BCUT2D eigenvalue weighted by Gasteiger charge is -2.37. The number of carbonyl (C=O) groups excluding carboxylic acids is 1. The summed E-state index contributed by atoms with van der Waals surface area (Å²) in [6, 6.07) is 0. The molecule has 0 aliphatic carbocycles. The molecule has 3 N–H and O–H groups in total. The van der Waals surface area contributed by atoms with E-state index in [-0.39, 0.29) is 0 Å². The van der Waals surface area contributed by atoms with Crippen molar-refractivity contribution in [1.82, 2.24) is 0 Å². The molecule has 0 amide bonds. The average Bonchev–Trinajstić information content (AvgIpc) is 2.12. The predicted molar refractivity (Wildman–Crippen MR) is 64.4 cm³/mol. The van der Waals surface area contributed by atoms with Gasteiger partial charge in [0.25, 0.3) is 0 Å². The van der Waals surface area contributed by atoms with Crippen molar-refractivity contribution in [2.75, 3.05) is 0 Å². The van der Waals surface area contributed by atoms with Crippen LogP contribution in [-0.4, -0.2) is 28.2 Å². The highest BCUT2D eigenvalue weighted by molar-refractivity contribution is 6.05. The average molecular weight is 243 g/mol. The second-order valence-corrected chi connectivity index (χ2v) is 5.54. The Hall–Kier alpha value is -1.36. The van der Waals surface area contributed by atoms with E-state index in [1.807, 2.05) is 0 Å². The van der Waals surface area contributed by atoms with Crippen LogP contribution in [-0.2, 0) is 14.3 Å². The maximum absolute atomic E-state index is 12.0. The largest absolute Gasteiger partial charge is 0.479 e. The highest BCUT2D eigenvalue weighted by Crippen LogP contribution is 2.32. The summed E-state index contributed by atoms with van der Waals surface area (Å²) >= 11 is 0. The van der Waals surface area contributed by atoms with Gasteiger partial charge in [-0.25, -0.2) is 9.59 Å². The Morgan fingerprint density at radius 3 is 1.88 bits per heavy atom. The Morgan fingerprint density at radius 2 is 1.65 bits per heavy atom. The smallest absolute Gasteiger partial charge is 0.339 e. The van der Waals surface area contributed by atoms with Crippen molar-refractivity contribution in [3.8, 4) is 0 Å². The Morgan fingerprint density at radius 1 is 1.24 bits per heavy atom. The monoisotopic (exact) mass is 243 g/mol. The number of hydrogen-bond donors (Lipinski definition) is 2. The SMILES string of the molecule is C=CC(C)(C)[C@@](N)(C(=O)O)C(=O)OC(C)(C)C. The van der Waals surface area contributed by atoms with Gasteiger partial charge in [-0.1, -0.05) is 19.9 Å². The van der Waals surface area contributed by atoms with Crippen molar-refractivity contribution >= 4 is 11.9 Å². The number of rotatable bonds is 4. The van der Waals surface area contributed by atoms with E-state index in [2.05, 4.69) is 6.58 Å². The van der Waals surface area contributed by atoms with Crippen molar-refractivity contribution < 1.29 is 19.4 Å². The van der Waals surface area contributed by atoms with Gasteiger partial charge in [-0.15, -0.1) is 6.58 Å². The van der Waals surface area contributed by atoms with Crippen LogP contribution in [0.1, 0.15) is 34.6 Å². The number of carbonyl (C=O) groups is 2. The van der Waals surface area contributed by atoms with Gasteiger partial charge >= 0.3 is 11.9 Å². The third-order valence-electron chi connectivity index (χ3n) is 2.58. The number of ether oxygens (including phenoxy) is 1. The van der Waals surface area contributed by atoms with E-state index in [9.17, 15) is 14.7 Å². The number of aliphatic carboxylic acids is 1. The first-order valence-electron chi connectivity index (χ1n) is 5.28. The molecule has 0 aromatic heterocycles. The minimum absolute atomic E-state index is 0.797. The van der Waals surface area contributed by atoms with Crippen LogP contribution < -0.4 is 5.73 Å². The van der Waals surface area contributed by atoms with Gasteiger partial charge in [-0.3, -0.25) is 0 Å². The van der Waals surface area contributed by atoms with Gasteiger partial charge in [0.15, 0.2) is 0 Å². The lowest BCUT2D eigenvalue weighted by Crippen LogP contribution is -2.65. The zero-order valence-corrected chi connectivity index (χ0v) is 11.0. The molecule has 0 spiro atoms. The fraction of sp³-hybridized carbons (Fsp3) is 0.667. The molecule has 1 atom stereocenters. The van der Waals surface area contributed by atoms with E-state index in [4.69, 9.17) is 10.5 Å². The number of carboxylic acid groups (broad SMARTS) is 1. The molecule has 5 nitrogen and oxygen atoms in total. The van der Waals surface area contributed by atoms with Crippen molar-refractivity contribution in [2.24, 2.45) is 11.1 Å². The lowest BCUT2D eigenvalue weighted by molar-refractivity contribution is -0.173. The maximum atomic E-state index is 12.0. The molecule has 0 aliphatic rings. The number of carboxylic acids is 1. The molecule has 0 aromatic rings. The molecule has 0 heterocycles. The second kappa shape index (κ2) is 4.49. The van der Waals surface area contributed by atoms with E-state index < -0.39 is 28.5 Å². The first-order chi connectivity index (χ1) is 7.38. The molecule has 0 aliphatic heterocycles. The molecule has 0 fully saturated rings. The molecule has 0 bridgehead atoms. The maximum Gasteiger partial charge on any atom is 0.339 e. The van der Waals surface area contributed by atoms with Crippen LogP contribution in [0.3, 0.4) is 0 Å². The minimum Gasteiger partial charge on any atom is -0.479 e. The molecule has 0 rings (SSSR count). The molecule has 98 valence electrons. The number of nitrogens with two attached hydrogens (primary N) is 1. The molecular weight excluding hydrogens is 222 g/mol. The van der Waals surface area contributed by atoms with Crippen molar-refractivity contribution in [3.05, 3.63) is 12.7 Å². The van der Waals surface area contributed by atoms with Gasteiger partial charge < -0.3 is 15.6 Å². The zero-order chi connectivity index (χ0) is 14.1. The van der Waals surface area contributed by atoms with Crippen LogP contribution in [0.5, 0.6) is 0 Å². The Kier molecular flexibility index (Phi) is 4.13. The normalized spacial score (nSPS) is 15.9. The summed E-state index contributed by atoms with van der Waals surface area (Å²) in [7, 11) is 0. The van der Waals surface area contributed by atoms with Crippen molar-refractivity contribution in [1.29, 1.82) is 0 Å². The summed E-state index contributed by atoms with van der Waals surface area (Å²) in [4.78, 5) is 23.2. The third kappa shape index (κ3) is 3.06. The number of hydrogen-bond acceptors (Lipinski definition) is 4. The van der Waals surface area contributed by atoms with Gasteiger partial charge in [0.05, 0.1) is 0 Å². The molecule has 0 saturated heterocycles. The van der Waals surface area contributed by atoms with Crippen molar-refractivity contribution in [2.45, 2.75) is 45.8 Å². The minimum atomic E-state index is -2.15. The lowest BCUT2D eigenvalue weighted by atomic mass is 9.72. The fourth-order valence-electron chi connectivity index (χ4n) is 1.15. The summed E-state index contributed by atoms with van der Waals surface area (Å²) < 4.78 is 5.06. The van der Waals surface area contributed by atoms with Gasteiger partial charge in [-0.2, -0.15) is 0 Å². The molecule has 0 saturated carbocycles. The van der Waals surface area contributed by atoms with Gasteiger partial charge in [0.1, 0.15) is 5.60 Å². The van der Waals surface area contributed by atoms with E-state index >= 15 is 0 Å². The number of esters is 1. The summed E-state index contributed by atoms with van der Waals surface area (Å²) in [5, 5.41) is 9.19. The molecule has 17 heavy (non-hydrogen) atoms. The highest BCUT2D eigenvalue weighted by Gasteiger charge is 2.55. The molecule has 0 unspecified atom stereocenters. The van der Waals surface area contributed by atoms with E-state index in [1.54, 1.807) is 20.8 Å². The second-order valence-electron chi connectivity index (χ2n) is 5.54. The Balaban J connectivity index is 5.46. The Bertz CT molecular complexity index is 341. The fourth-order valence-corrected chi connectivity index (χ4v) is 1.15. The van der Waals surface area contributed by atoms with Crippen LogP contribution in [0.25, 0.3) is 0 Å². The van der Waals surface area contributed by atoms with Crippen LogP contribution >= 0.6 is 0 Å². The van der Waals surface area contributed by atoms with Gasteiger partial charge in [0, 0.05) is 5.41 Å². The molecule has 5 heteroatoms. The van der Waals surface area contributed by atoms with Crippen LogP contribution in [0, 0.1) is 5.41 Å². The van der Waals surface area contributed by atoms with Gasteiger partial charge in [-0.05, 0) is 20.8 Å². The highest BCUT2D eigenvalue weighted by atomic mass is 16.6. The van der Waals surface area contributed by atoms with Crippen LogP contribution in [0.4, 0.5) is 0 Å². The zero-order valence-electron chi connectivity index (χ0n) is 11.0. The van der Waals surface area contributed by atoms with Crippen molar-refractivity contribution in [3.63, 3.8) is 0 Å². The van der Waals surface area contributed by atoms with Crippen LogP contribution in [0.15, 0.2) is 12.7 Å².